The number of nitrogens with zero attached hydrogens (tertiary/aromatic N) is 5. The van der Waals surface area contributed by atoms with Gasteiger partial charge in [0.25, 0.3) is 0 Å². The summed E-state index contributed by atoms with van der Waals surface area (Å²) in [7, 11) is 0. The molecule has 1 atom stereocenters. The second-order valence-corrected chi connectivity index (χ2v) is 9.75. The van der Waals surface area contributed by atoms with Crippen LogP contribution in [-0.2, 0) is 4.74 Å². The van der Waals surface area contributed by atoms with Gasteiger partial charge in [-0.1, -0.05) is 24.3 Å². The lowest BCUT2D eigenvalue weighted by Crippen LogP contribution is -2.36. The molecule has 1 fully saturated rings. The fraction of sp³-hybridized carbons (Fsp3) is 0.333. The Kier molecular flexibility index (Phi) is 5.55. The molecule has 3 aromatic heterocycles. The second kappa shape index (κ2) is 8.56. The van der Waals surface area contributed by atoms with Crippen LogP contribution in [0.3, 0.4) is 0 Å². The fourth-order valence-electron chi connectivity index (χ4n) is 4.42. The summed E-state index contributed by atoms with van der Waals surface area (Å²) >= 11 is 0. The number of rotatable bonds is 3. The zero-order valence-electron chi connectivity index (χ0n) is 20.0. The van der Waals surface area contributed by atoms with Gasteiger partial charge in [-0.25, -0.2) is 14.5 Å². The minimum atomic E-state index is -0.524. The number of aryl methyl sites for hydroxylation is 1. The first kappa shape index (κ1) is 22.1. The van der Waals surface area contributed by atoms with Crippen molar-refractivity contribution in [2.45, 2.75) is 52.2 Å². The van der Waals surface area contributed by atoms with Crippen molar-refractivity contribution in [3.05, 3.63) is 72.2 Å². The maximum absolute atomic E-state index is 12.8. The molecule has 1 aliphatic rings. The Bertz CT molecular complexity index is 1350. The highest BCUT2D eigenvalue weighted by molar-refractivity contribution is 5.84. The van der Waals surface area contributed by atoms with Gasteiger partial charge in [-0.2, -0.15) is 5.10 Å². The predicted molar refractivity (Wildman–Crippen MR) is 132 cm³/mol. The van der Waals surface area contributed by atoms with E-state index in [4.69, 9.17) is 9.72 Å². The quantitative estimate of drug-likeness (QED) is 0.387. The monoisotopic (exact) mass is 455 g/mol. The Morgan fingerprint density at radius 2 is 1.88 bits per heavy atom. The van der Waals surface area contributed by atoms with Gasteiger partial charge in [-0.05, 0) is 70.9 Å². The molecule has 5 rings (SSSR count). The van der Waals surface area contributed by atoms with Gasteiger partial charge in [-0.15, -0.1) is 0 Å². The molecule has 0 N–H and O–H groups in total. The van der Waals surface area contributed by atoms with Crippen LogP contribution in [-0.4, -0.2) is 42.9 Å². The van der Waals surface area contributed by atoms with E-state index in [0.717, 1.165) is 52.2 Å². The normalized spacial score (nSPS) is 16.2. The molecule has 0 bridgehead atoms. The van der Waals surface area contributed by atoms with E-state index < -0.39 is 5.60 Å². The van der Waals surface area contributed by atoms with Gasteiger partial charge in [0.1, 0.15) is 5.60 Å². The lowest BCUT2D eigenvalue weighted by molar-refractivity contribution is 0.0221. The SMILES string of the molecule is Cc1cccc(-n2ncc3ccc(-c4cccc(C5CCCN5C(=O)OC(C)(C)C)n4)cc32)n1. The molecule has 1 unspecified atom stereocenters. The smallest absolute Gasteiger partial charge is 0.410 e. The van der Waals surface area contributed by atoms with E-state index in [-0.39, 0.29) is 12.1 Å². The number of benzene rings is 1. The van der Waals surface area contributed by atoms with Crippen molar-refractivity contribution < 1.29 is 9.53 Å². The molecule has 4 aromatic rings. The highest BCUT2D eigenvalue weighted by Gasteiger charge is 2.34. The molecule has 1 aromatic carbocycles. The third-order valence-electron chi connectivity index (χ3n) is 5.95. The molecular weight excluding hydrogens is 426 g/mol. The zero-order valence-corrected chi connectivity index (χ0v) is 20.0. The first-order valence-electron chi connectivity index (χ1n) is 11.7. The van der Waals surface area contributed by atoms with E-state index in [1.165, 1.54) is 0 Å². The zero-order chi connectivity index (χ0) is 23.9. The first-order chi connectivity index (χ1) is 16.3. The van der Waals surface area contributed by atoms with E-state index >= 15 is 0 Å². The molecule has 1 aliphatic heterocycles. The van der Waals surface area contributed by atoms with Crippen LogP contribution in [0.1, 0.15) is 51.0 Å². The summed E-state index contributed by atoms with van der Waals surface area (Å²) < 4.78 is 7.49. The van der Waals surface area contributed by atoms with E-state index in [1.54, 1.807) is 4.90 Å². The fourth-order valence-corrected chi connectivity index (χ4v) is 4.42. The van der Waals surface area contributed by atoms with E-state index in [0.29, 0.717) is 6.54 Å². The van der Waals surface area contributed by atoms with Crippen molar-refractivity contribution in [1.82, 2.24) is 24.6 Å². The molecule has 4 heterocycles. The van der Waals surface area contributed by atoms with Crippen LogP contribution >= 0.6 is 0 Å². The summed E-state index contributed by atoms with van der Waals surface area (Å²) in [5.74, 6) is 0.785. The number of ether oxygens (including phenoxy) is 1. The van der Waals surface area contributed by atoms with Gasteiger partial charge < -0.3 is 4.74 Å². The van der Waals surface area contributed by atoms with E-state index in [9.17, 15) is 4.79 Å². The second-order valence-electron chi connectivity index (χ2n) is 9.75. The van der Waals surface area contributed by atoms with E-state index in [1.807, 2.05) is 75.0 Å². The van der Waals surface area contributed by atoms with Crippen LogP contribution in [0.15, 0.2) is 60.8 Å². The largest absolute Gasteiger partial charge is 0.444 e. The van der Waals surface area contributed by atoms with Crippen LogP contribution in [0.2, 0.25) is 0 Å². The topological polar surface area (TPSA) is 73.1 Å². The molecule has 1 amide bonds. The summed E-state index contributed by atoms with van der Waals surface area (Å²) in [4.78, 5) is 24.2. The van der Waals surface area contributed by atoms with Crippen molar-refractivity contribution in [3.63, 3.8) is 0 Å². The van der Waals surface area contributed by atoms with Gasteiger partial charge in [0, 0.05) is 23.2 Å². The maximum Gasteiger partial charge on any atom is 0.410 e. The average molecular weight is 456 g/mol. The average Bonchev–Trinajstić information content (AvgIpc) is 3.45. The lowest BCUT2D eigenvalue weighted by atomic mass is 10.1. The number of hydrogen-bond acceptors (Lipinski definition) is 5. The number of fused-ring (bicyclic) bond motifs is 1. The van der Waals surface area contributed by atoms with Crippen molar-refractivity contribution in [3.8, 4) is 17.1 Å². The molecule has 1 saturated heterocycles. The molecule has 0 spiro atoms. The number of amides is 1. The number of hydrogen-bond donors (Lipinski definition) is 0. The standard InChI is InChI=1S/C27H29N5O2/c1-18-8-5-12-25(29-18)32-24-16-19(13-14-20(24)17-28-32)21-9-6-10-22(30-21)23-11-7-15-31(23)26(33)34-27(2,3)4/h5-6,8-10,12-14,16-17,23H,7,11,15H2,1-4H3. The third kappa shape index (κ3) is 4.38. The first-order valence-corrected chi connectivity index (χ1v) is 11.7. The molecule has 0 radical (unpaired) electrons. The summed E-state index contributed by atoms with van der Waals surface area (Å²) in [6.07, 6.45) is 3.38. The molecule has 0 saturated carbocycles. The highest BCUT2D eigenvalue weighted by atomic mass is 16.6. The molecule has 0 aliphatic carbocycles. The van der Waals surface area contributed by atoms with Crippen LogP contribution in [0.4, 0.5) is 4.79 Å². The van der Waals surface area contributed by atoms with Crippen molar-refractivity contribution in [1.29, 1.82) is 0 Å². The van der Waals surface area contributed by atoms with Gasteiger partial charge in [0.15, 0.2) is 5.82 Å². The minimum Gasteiger partial charge on any atom is -0.444 e. The number of carbonyl (C=O) groups excluding carboxylic acids is 1. The minimum absolute atomic E-state index is 0.0828. The Labute approximate surface area is 199 Å². The summed E-state index contributed by atoms with van der Waals surface area (Å²) in [6, 6.07) is 18.0. The number of likely N-dealkylation sites (tertiary alicyclic amines) is 1. The summed E-state index contributed by atoms with van der Waals surface area (Å²) in [6.45, 7) is 8.33. The Hall–Kier alpha value is -3.74. The van der Waals surface area contributed by atoms with Gasteiger partial charge in [0.05, 0.1) is 29.1 Å². The van der Waals surface area contributed by atoms with Crippen molar-refractivity contribution in [2.24, 2.45) is 0 Å². The van der Waals surface area contributed by atoms with Gasteiger partial charge in [-0.3, -0.25) is 9.88 Å². The highest BCUT2D eigenvalue weighted by Crippen LogP contribution is 2.33. The maximum atomic E-state index is 12.8. The third-order valence-corrected chi connectivity index (χ3v) is 5.95. The van der Waals surface area contributed by atoms with Crippen LogP contribution < -0.4 is 0 Å². The number of pyridine rings is 2. The Morgan fingerprint density at radius 1 is 1.06 bits per heavy atom. The molecule has 174 valence electrons. The molecule has 7 heteroatoms. The Morgan fingerprint density at radius 3 is 2.68 bits per heavy atom. The lowest BCUT2D eigenvalue weighted by Gasteiger charge is -2.28. The van der Waals surface area contributed by atoms with E-state index in [2.05, 4.69) is 28.3 Å². The Balaban J connectivity index is 1.48. The molecular formula is C27H29N5O2. The van der Waals surface area contributed by atoms with Crippen molar-refractivity contribution >= 4 is 17.0 Å². The van der Waals surface area contributed by atoms with Gasteiger partial charge >= 0.3 is 6.09 Å². The number of carbonyl (C=O) groups is 1. The number of aromatic nitrogens is 4. The summed E-state index contributed by atoms with van der Waals surface area (Å²) in [5, 5.41) is 5.59. The molecule has 7 nitrogen and oxygen atoms in total. The van der Waals surface area contributed by atoms with Crippen LogP contribution in [0.25, 0.3) is 28.0 Å². The van der Waals surface area contributed by atoms with Crippen molar-refractivity contribution in [2.75, 3.05) is 6.54 Å². The predicted octanol–water partition coefficient (Wildman–Crippen LogP) is 5.86. The van der Waals surface area contributed by atoms with Crippen LogP contribution in [0, 0.1) is 6.92 Å². The van der Waals surface area contributed by atoms with Gasteiger partial charge in [0.2, 0.25) is 0 Å². The summed E-state index contributed by atoms with van der Waals surface area (Å²) in [5.41, 5.74) is 4.13. The van der Waals surface area contributed by atoms with Crippen LogP contribution in [0.5, 0.6) is 0 Å². The molecule has 34 heavy (non-hydrogen) atoms.